The minimum atomic E-state index is 0.618. The lowest BCUT2D eigenvalue weighted by atomic mass is 10.2. The summed E-state index contributed by atoms with van der Waals surface area (Å²) in [7, 11) is 3.26. The molecule has 4 heteroatoms. The molecule has 0 heterocycles. The Morgan fingerprint density at radius 2 is 1.89 bits per heavy atom. The van der Waals surface area contributed by atoms with E-state index in [0.717, 1.165) is 17.0 Å². The topological polar surface area (TPSA) is 30.5 Å². The molecule has 0 saturated heterocycles. The van der Waals surface area contributed by atoms with Gasteiger partial charge in [-0.25, -0.2) is 0 Å². The summed E-state index contributed by atoms with van der Waals surface area (Å²) in [6.07, 6.45) is 0. The molecule has 0 saturated carbocycles. The predicted octanol–water partition coefficient (Wildman–Crippen LogP) is 3.97. The molecule has 2 rings (SSSR count). The molecule has 0 unspecified atom stereocenters. The van der Waals surface area contributed by atoms with Crippen molar-refractivity contribution in [2.75, 3.05) is 19.5 Å². The van der Waals surface area contributed by atoms with Crippen molar-refractivity contribution in [3.05, 3.63) is 53.1 Å². The Bertz CT molecular complexity index is 558. The molecule has 0 fully saturated rings. The standard InChI is InChI=1S/C15H16ClNO2/c1-18-13-5-3-4-12(9-13)17-10-11-6-7-15(19-2)14(16)8-11/h3-9,17H,10H2,1-2H3. The molecule has 19 heavy (non-hydrogen) atoms. The number of hydrogen-bond acceptors (Lipinski definition) is 3. The minimum Gasteiger partial charge on any atom is -0.497 e. The van der Waals surface area contributed by atoms with Gasteiger partial charge in [0.1, 0.15) is 11.5 Å². The molecular weight excluding hydrogens is 262 g/mol. The van der Waals surface area contributed by atoms with Crippen LogP contribution in [0.2, 0.25) is 5.02 Å². The number of ether oxygens (including phenoxy) is 2. The smallest absolute Gasteiger partial charge is 0.137 e. The molecule has 0 radical (unpaired) electrons. The first-order valence-corrected chi connectivity index (χ1v) is 6.31. The molecular formula is C15H16ClNO2. The Morgan fingerprint density at radius 1 is 1.05 bits per heavy atom. The molecule has 2 aromatic carbocycles. The van der Waals surface area contributed by atoms with Crippen molar-refractivity contribution >= 4 is 17.3 Å². The third kappa shape index (κ3) is 3.55. The van der Waals surface area contributed by atoms with Gasteiger partial charge in [0.25, 0.3) is 0 Å². The number of benzene rings is 2. The van der Waals surface area contributed by atoms with Crippen molar-refractivity contribution in [2.24, 2.45) is 0 Å². The van der Waals surface area contributed by atoms with E-state index in [1.807, 2.05) is 42.5 Å². The first kappa shape index (κ1) is 13.6. The molecule has 0 atom stereocenters. The first-order chi connectivity index (χ1) is 9.22. The molecule has 0 aliphatic heterocycles. The Morgan fingerprint density at radius 3 is 2.58 bits per heavy atom. The van der Waals surface area contributed by atoms with E-state index in [-0.39, 0.29) is 0 Å². The zero-order valence-electron chi connectivity index (χ0n) is 10.9. The Hall–Kier alpha value is -1.87. The van der Waals surface area contributed by atoms with Gasteiger partial charge >= 0.3 is 0 Å². The van der Waals surface area contributed by atoms with E-state index < -0.39 is 0 Å². The Balaban J connectivity index is 2.03. The number of methoxy groups -OCH3 is 2. The molecule has 1 N–H and O–H groups in total. The van der Waals surface area contributed by atoms with Crippen LogP contribution in [0.3, 0.4) is 0 Å². The quantitative estimate of drug-likeness (QED) is 0.897. The van der Waals surface area contributed by atoms with E-state index in [9.17, 15) is 0 Å². The monoisotopic (exact) mass is 277 g/mol. The van der Waals surface area contributed by atoms with Crippen LogP contribution in [0.5, 0.6) is 11.5 Å². The van der Waals surface area contributed by atoms with E-state index in [2.05, 4.69) is 5.32 Å². The van der Waals surface area contributed by atoms with Gasteiger partial charge in [0, 0.05) is 18.3 Å². The first-order valence-electron chi connectivity index (χ1n) is 5.93. The minimum absolute atomic E-state index is 0.618. The van der Waals surface area contributed by atoms with Gasteiger partial charge in [0.2, 0.25) is 0 Å². The maximum atomic E-state index is 6.09. The van der Waals surface area contributed by atoms with Crippen LogP contribution < -0.4 is 14.8 Å². The zero-order chi connectivity index (χ0) is 13.7. The van der Waals surface area contributed by atoms with Gasteiger partial charge in [0.15, 0.2) is 0 Å². The normalized spacial score (nSPS) is 10.1. The van der Waals surface area contributed by atoms with E-state index in [1.54, 1.807) is 14.2 Å². The maximum absolute atomic E-state index is 6.09. The number of anilines is 1. The highest BCUT2D eigenvalue weighted by Gasteiger charge is 2.02. The second-order valence-electron chi connectivity index (χ2n) is 4.05. The van der Waals surface area contributed by atoms with Crippen molar-refractivity contribution in [1.82, 2.24) is 0 Å². The summed E-state index contributed by atoms with van der Waals surface area (Å²) in [6, 6.07) is 13.5. The highest BCUT2D eigenvalue weighted by Crippen LogP contribution is 2.25. The van der Waals surface area contributed by atoms with Crippen LogP contribution in [0.15, 0.2) is 42.5 Å². The van der Waals surface area contributed by atoms with Crippen molar-refractivity contribution in [2.45, 2.75) is 6.54 Å². The average Bonchev–Trinajstić information content (AvgIpc) is 2.45. The summed E-state index contributed by atoms with van der Waals surface area (Å²) in [5.74, 6) is 1.52. The average molecular weight is 278 g/mol. The SMILES string of the molecule is COc1cccc(NCc2ccc(OC)c(Cl)c2)c1. The fraction of sp³-hybridized carbons (Fsp3) is 0.200. The van der Waals surface area contributed by atoms with E-state index in [0.29, 0.717) is 17.3 Å². The highest BCUT2D eigenvalue weighted by molar-refractivity contribution is 6.32. The van der Waals surface area contributed by atoms with E-state index >= 15 is 0 Å². The Kier molecular flexibility index (Phi) is 4.53. The van der Waals surface area contributed by atoms with Crippen LogP contribution in [0, 0.1) is 0 Å². The molecule has 0 bridgehead atoms. The van der Waals surface area contributed by atoms with Gasteiger partial charge in [-0.05, 0) is 29.8 Å². The maximum Gasteiger partial charge on any atom is 0.137 e. The largest absolute Gasteiger partial charge is 0.497 e. The second-order valence-corrected chi connectivity index (χ2v) is 4.46. The summed E-state index contributed by atoms with van der Waals surface area (Å²) in [6.45, 7) is 0.691. The fourth-order valence-corrected chi connectivity index (χ4v) is 2.04. The van der Waals surface area contributed by atoms with Crippen LogP contribution in [0.1, 0.15) is 5.56 Å². The molecule has 2 aromatic rings. The van der Waals surface area contributed by atoms with Gasteiger partial charge in [-0.3, -0.25) is 0 Å². The third-order valence-corrected chi connectivity index (χ3v) is 3.08. The van der Waals surface area contributed by atoms with Crippen LogP contribution in [-0.2, 0) is 6.54 Å². The van der Waals surface area contributed by atoms with Crippen LogP contribution in [-0.4, -0.2) is 14.2 Å². The lowest BCUT2D eigenvalue weighted by Gasteiger charge is -2.09. The van der Waals surface area contributed by atoms with Crippen LogP contribution in [0.4, 0.5) is 5.69 Å². The summed E-state index contributed by atoms with van der Waals surface area (Å²) < 4.78 is 10.3. The molecule has 0 spiro atoms. The number of halogens is 1. The number of hydrogen-bond donors (Lipinski definition) is 1. The van der Waals surface area contributed by atoms with Crippen molar-refractivity contribution in [3.63, 3.8) is 0 Å². The Labute approximate surface area is 118 Å². The van der Waals surface area contributed by atoms with E-state index in [4.69, 9.17) is 21.1 Å². The van der Waals surface area contributed by atoms with Gasteiger partial charge in [-0.1, -0.05) is 23.7 Å². The van der Waals surface area contributed by atoms with Gasteiger partial charge < -0.3 is 14.8 Å². The molecule has 0 aliphatic carbocycles. The fourth-order valence-electron chi connectivity index (χ4n) is 1.76. The molecule has 0 aromatic heterocycles. The summed E-state index contributed by atoms with van der Waals surface area (Å²) in [5, 5.41) is 3.94. The van der Waals surface area contributed by atoms with Gasteiger partial charge in [-0.15, -0.1) is 0 Å². The van der Waals surface area contributed by atoms with Crippen molar-refractivity contribution in [1.29, 1.82) is 0 Å². The van der Waals surface area contributed by atoms with Gasteiger partial charge in [-0.2, -0.15) is 0 Å². The zero-order valence-corrected chi connectivity index (χ0v) is 11.7. The van der Waals surface area contributed by atoms with Crippen molar-refractivity contribution < 1.29 is 9.47 Å². The number of nitrogens with one attached hydrogen (secondary N) is 1. The number of rotatable bonds is 5. The lowest BCUT2D eigenvalue weighted by Crippen LogP contribution is -1.99. The molecule has 0 amide bonds. The van der Waals surface area contributed by atoms with E-state index in [1.165, 1.54) is 0 Å². The molecule has 100 valence electrons. The van der Waals surface area contributed by atoms with Crippen molar-refractivity contribution in [3.8, 4) is 11.5 Å². The molecule has 0 aliphatic rings. The summed E-state index contributed by atoms with van der Waals surface area (Å²) in [4.78, 5) is 0. The van der Waals surface area contributed by atoms with Crippen LogP contribution in [0.25, 0.3) is 0 Å². The highest BCUT2D eigenvalue weighted by atomic mass is 35.5. The van der Waals surface area contributed by atoms with Crippen LogP contribution >= 0.6 is 11.6 Å². The summed E-state index contributed by atoms with van der Waals surface area (Å²) in [5.41, 5.74) is 2.10. The third-order valence-electron chi connectivity index (χ3n) is 2.78. The van der Waals surface area contributed by atoms with Gasteiger partial charge in [0.05, 0.1) is 19.2 Å². The predicted molar refractivity (Wildman–Crippen MR) is 78.3 cm³/mol. The second kappa shape index (κ2) is 6.34. The lowest BCUT2D eigenvalue weighted by molar-refractivity contribution is 0.415. The molecule has 3 nitrogen and oxygen atoms in total. The summed E-state index contributed by atoms with van der Waals surface area (Å²) >= 11 is 6.09.